The van der Waals surface area contributed by atoms with Crippen molar-refractivity contribution in [3.8, 4) is 5.75 Å². The molecule has 0 spiro atoms. The van der Waals surface area contributed by atoms with E-state index in [4.69, 9.17) is 4.74 Å². The van der Waals surface area contributed by atoms with Gasteiger partial charge >= 0.3 is 0 Å². The lowest BCUT2D eigenvalue weighted by Crippen LogP contribution is -2.46. The van der Waals surface area contributed by atoms with E-state index in [2.05, 4.69) is 6.92 Å². The molecule has 0 fully saturated rings. The molecule has 1 aromatic rings. The number of hydrogen-bond acceptors (Lipinski definition) is 4. The first-order valence-corrected chi connectivity index (χ1v) is 9.35. The van der Waals surface area contributed by atoms with Crippen LogP contribution in [0.15, 0.2) is 18.2 Å². The standard InChI is InChI=1S/C19H28N2O4/c1-3-5-6-7-8-9-10-13-20-16-14-15(21(23)24)11-12-18(16)25-17(4-2)19(20)22/h11-12,14,17H,3-10,13H2,1-2H3. The Hall–Kier alpha value is -2.11. The molecule has 1 aliphatic heterocycles. The van der Waals surface area contributed by atoms with Crippen LogP contribution < -0.4 is 9.64 Å². The number of hydrogen-bond donors (Lipinski definition) is 0. The maximum Gasteiger partial charge on any atom is 0.271 e. The average molecular weight is 348 g/mol. The fourth-order valence-electron chi connectivity index (χ4n) is 3.14. The van der Waals surface area contributed by atoms with E-state index in [1.54, 1.807) is 11.0 Å². The van der Waals surface area contributed by atoms with Crippen molar-refractivity contribution in [1.29, 1.82) is 0 Å². The lowest BCUT2D eigenvalue weighted by Gasteiger charge is -2.34. The summed E-state index contributed by atoms with van der Waals surface area (Å²) in [4.78, 5) is 24.9. The number of nitro groups is 1. The second-order valence-electron chi connectivity index (χ2n) is 6.54. The molecule has 0 bridgehead atoms. The summed E-state index contributed by atoms with van der Waals surface area (Å²) in [6.07, 6.45) is 8.21. The molecule has 1 atom stereocenters. The summed E-state index contributed by atoms with van der Waals surface area (Å²) < 4.78 is 5.72. The first kappa shape index (κ1) is 19.2. The Balaban J connectivity index is 2.03. The number of carbonyl (C=O) groups excluding carboxylic acids is 1. The van der Waals surface area contributed by atoms with Crippen molar-refractivity contribution in [3.05, 3.63) is 28.3 Å². The SMILES string of the molecule is CCCCCCCCCN1C(=O)C(CC)Oc2ccc([N+](=O)[O-])cc21. The van der Waals surface area contributed by atoms with Gasteiger partial charge in [-0.2, -0.15) is 0 Å². The molecule has 0 aromatic heterocycles. The Morgan fingerprint density at radius 3 is 2.44 bits per heavy atom. The van der Waals surface area contributed by atoms with Crippen LogP contribution in [0, 0.1) is 10.1 Å². The molecule has 1 heterocycles. The van der Waals surface area contributed by atoms with Crippen LogP contribution in [0.2, 0.25) is 0 Å². The van der Waals surface area contributed by atoms with Crippen molar-refractivity contribution < 1.29 is 14.5 Å². The largest absolute Gasteiger partial charge is 0.478 e. The number of carbonyl (C=O) groups is 1. The normalized spacial score (nSPS) is 16.5. The van der Waals surface area contributed by atoms with E-state index in [9.17, 15) is 14.9 Å². The average Bonchev–Trinajstić information content (AvgIpc) is 2.61. The minimum absolute atomic E-state index is 0.0188. The maximum atomic E-state index is 12.6. The third-order valence-electron chi connectivity index (χ3n) is 4.61. The Morgan fingerprint density at radius 2 is 1.80 bits per heavy atom. The van der Waals surface area contributed by atoms with Crippen LogP contribution in [-0.4, -0.2) is 23.5 Å². The van der Waals surface area contributed by atoms with Crippen LogP contribution in [0.25, 0.3) is 0 Å². The third-order valence-corrected chi connectivity index (χ3v) is 4.61. The number of rotatable bonds is 10. The third kappa shape index (κ3) is 4.94. The van der Waals surface area contributed by atoms with Crippen molar-refractivity contribution >= 4 is 17.3 Å². The Labute approximate surface area is 149 Å². The highest BCUT2D eigenvalue weighted by Gasteiger charge is 2.34. The van der Waals surface area contributed by atoms with Crippen molar-refractivity contribution in [2.45, 2.75) is 71.3 Å². The number of ether oxygens (including phenoxy) is 1. The number of non-ortho nitro benzene ring substituents is 1. The van der Waals surface area contributed by atoms with Crippen LogP contribution >= 0.6 is 0 Å². The molecule has 1 unspecified atom stereocenters. The fraction of sp³-hybridized carbons (Fsp3) is 0.632. The van der Waals surface area contributed by atoms with Gasteiger partial charge < -0.3 is 9.64 Å². The molecule has 6 heteroatoms. The lowest BCUT2D eigenvalue weighted by molar-refractivity contribution is -0.384. The van der Waals surface area contributed by atoms with E-state index in [-0.39, 0.29) is 11.6 Å². The van der Waals surface area contributed by atoms with Crippen molar-refractivity contribution in [1.82, 2.24) is 0 Å². The van der Waals surface area contributed by atoms with Crippen molar-refractivity contribution in [2.75, 3.05) is 11.4 Å². The quantitative estimate of drug-likeness (QED) is 0.344. The zero-order chi connectivity index (χ0) is 18.2. The van der Waals surface area contributed by atoms with Gasteiger partial charge in [0.1, 0.15) is 5.75 Å². The molecule has 0 aliphatic carbocycles. The van der Waals surface area contributed by atoms with Gasteiger partial charge in [-0.15, -0.1) is 0 Å². The van der Waals surface area contributed by atoms with Gasteiger partial charge in [0.2, 0.25) is 0 Å². The number of nitrogens with zero attached hydrogens (tertiary/aromatic N) is 2. The number of fused-ring (bicyclic) bond motifs is 1. The second-order valence-corrected chi connectivity index (χ2v) is 6.54. The van der Waals surface area contributed by atoms with Gasteiger partial charge in [-0.05, 0) is 18.9 Å². The molecule has 0 N–H and O–H groups in total. The van der Waals surface area contributed by atoms with Gasteiger partial charge in [-0.1, -0.05) is 52.4 Å². The predicted molar refractivity (Wildman–Crippen MR) is 98.1 cm³/mol. The number of nitro benzene ring substituents is 1. The summed E-state index contributed by atoms with van der Waals surface area (Å²) in [5, 5.41) is 11.0. The molecular formula is C19H28N2O4. The molecule has 1 aromatic carbocycles. The molecule has 2 rings (SSSR count). The molecule has 0 radical (unpaired) electrons. The number of benzene rings is 1. The first-order valence-electron chi connectivity index (χ1n) is 9.35. The van der Waals surface area contributed by atoms with Crippen molar-refractivity contribution in [3.63, 3.8) is 0 Å². The number of amides is 1. The molecule has 1 aliphatic rings. The van der Waals surface area contributed by atoms with E-state index in [1.807, 2.05) is 6.92 Å². The highest BCUT2D eigenvalue weighted by Crippen LogP contribution is 2.37. The summed E-state index contributed by atoms with van der Waals surface area (Å²) >= 11 is 0. The van der Waals surface area contributed by atoms with E-state index in [0.29, 0.717) is 24.4 Å². The van der Waals surface area contributed by atoms with Crippen LogP contribution in [0.5, 0.6) is 5.75 Å². The van der Waals surface area contributed by atoms with Crippen molar-refractivity contribution in [2.24, 2.45) is 0 Å². The van der Waals surface area contributed by atoms with Gasteiger partial charge in [-0.25, -0.2) is 0 Å². The van der Waals surface area contributed by atoms with Gasteiger partial charge in [0.15, 0.2) is 6.10 Å². The molecular weight excluding hydrogens is 320 g/mol. The molecule has 6 nitrogen and oxygen atoms in total. The van der Waals surface area contributed by atoms with E-state index < -0.39 is 11.0 Å². The number of anilines is 1. The summed E-state index contributed by atoms with van der Waals surface area (Å²) in [7, 11) is 0. The van der Waals surface area contributed by atoms with Crippen LogP contribution in [0.3, 0.4) is 0 Å². The zero-order valence-electron chi connectivity index (χ0n) is 15.2. The topological polar surface area (TPSA) is 72.7 Å². The summed E-state index contributed by atoms with van der Waals surface area (Å²) in [6.45, 7) is 4.69. The predicted octanol–water partition coefficient (Wildman–Crippen LogP) is 4.85. The summed E-state index contributed by atoms with van der Waals surface area (Å²) in [6, 6.07) is 4.47. The van der Waals surface area contributed by atoms with Crippen LogP contribution in [-0.2, 0) is 4.79 Å². The molecule has 1 amide bonds. The highest BCUT2D eigenvalue weighted by atomic mass is 16.6. The maximum absolute atomic E-state index is 12.6. The van der Waals surface area contributed by atoms with Gasteiger partial charge in [-0.3, -0.25) is 14.9 Å². The minimum Gasteiger partial charge on any atom is -0.478 e. The molecule has 0 saturated carbocycles. The van der Waals surface area contributed by atoms with Crippen LogP contribution in [0.4, 0.5) is 11.4 Å². The summed E-state index contributed by atoms with van der Waals surface area (Å²) in [5.74, 6) is 0.460. The first-order chi connectivity index (χ1) is 12.1. The monoisotopic (exact) mass is 348 g/mol. The minimum atomic E-state index is -0.501. The highest BCUT2D eigenvalue weighted by molar-refractivity contribution is 6.00. The lowest BCUT2D eigenvalue weighted by atomic mass is 10.1. The molecule has 25 heavy (non-hydrogen) atoms. The molecule has 138 valence electrons. The van der Waals surface area contributed by atoms with E-state index in [1.165, 1.54) is 37.8 Å². The Bertz CT molecular complexity index is 603. The van der Waals surface area contributed by atoms with Gasteiger partial charge in [0.05, 0.1) is 10.6 Å². The van der Waals surface area contributed by atoms with E-state index in [0.717, 1.165) is 19.3 Å². The smallest absolute Gasteiger partial charge is 0.271 e. The second kappa shape index (κ2) is 9.39. The summed E-state index contributed by atoms with van der Waals surface area (Å²) in [5.41, 5.74) is 0.504. The van der Waals surface area contributed by atoms with Crippen LogP contribution in [0.1, 0.15) is 65.2 Å². The Morgan fingerprint density at radius 1 is 1.12 bits per heavy atom. The molecule has 0 saturated heterocycles. The fourth-order valence-corrected chi connectivity index (χ4v) is 3.14. The van der Waals surface area contributed by atoms with E-state index >= 15 is 0 Å². The number of unbranched alkanes of at least 4 members (excludes halogenated alkanes) is 6. The Kier molecular flexibility index (Phi) is 7.22. The van der Waals surface area contributed by atoms with Gasteiger partial charge in [0.25, 0.3) is 11.6 Å². The van der Waals surface area contributed by atoms with Gasteiger partial charge in [0, 0.05) is 18.7 Å². The zero-order valence-corrected chi connectivity index (χ0v) is 15.2.